The van der Waals surface area contributed by atoms with Gasteiger partial charge in [-0.25, -0.2) is 15.0 Å². The molecule has 0 saturated heterocycles. The smallest absolute Gasteiger partial charge is 0.199 e. The van der Waals surface area contributed by atoms with Gasteiger partial charge in [0.2, 0.25) is 0 Å². The minimum Gasteiger partial charge on any atom is -0.383 e. The third-order valence-corrected chi connectivity index (χ3v) is 6.31. The fourth-order valence-corrected chi connectivity index (χ4v) is 4.87. The Labute approximate surface area is 189 Å². The first-order valence-corrected chi connectivity index (χ1v) is 11.1. The number of anilines is 1. The van der Waals surface area contributed by atoms with Crippen molar-refractivity contribution in [3.63, 3.8) is 0 Å². The molecule has 0 saturated carbocycles. The highest BCUT2D eigenvalue weighted by Gasteiger charge is 2.22. The van der Waals surface area contributed by atoms with E-state index in [0.29, 0.717) is 19.0 Å². The van der Waals surface area contributed by atoms with E-state index in [1.807, 2.05) is 48.4 Å². The average molecular weight is 443 g/mol. The summed E-state index contributed by atoms with van der Waals surface area (Å²) in [5.74, 6) is 2.09. The third-order valence-electron chi connectivity index (χ3n) is 5.18. The number of thiophene rings is 1. The van der Waals surface area contributed by atoms with Crippen molar-refractivity contribution in [1.82, 2.24) is 24.5 Å². The van der Waals surface area contributed by atoms with Crippen LogP contribution in [0.2, 0.25) is 0 Å². The maximum absolute atomic E-state index is 5.26. The minimum absolute atomic E-state index is 0.575. The van der Waals surface area contributed by atoms with Crippen LogP contribution in [0.25, 0.3) is 43.4 Å². The fourth-order valence-electron chi connectivity index (χ4n) is 3.67. The number of aryl methyl sites for hydroxylation is 1. The summed E-state index contributed by atoms with van der Waals surface area (Å²) in [6, 6.07) is 14.4. The predicted molar refractivity (Wildman–Crippen MR) is 129 cm³/mol. The first-order chi connectivity index (χ1) is 15.8. The summed E-state index contributed by atoms with van der Waals surface area (Å²) in [5, 5.41) is 4.47. The molecule has 5 rings (SSSR count). The lowest BCUT2D eigenvalue weighted by molar-refractivity contribution is 0.210. The zero-order valence-corrected chi connectivity index (χ0v) is 18.6. The molecule has 7 nitrogen and oxygen atoms in total. The molecule has 0 aliphatic heterocycles. The number of imidazole rings is 1. The summed E-state index contributed by atoms with van der Waals surface area (Å²) in [6.07, 6.45) is 7.29. The second-order valence-corrected chi connectivity index (χ2v) is 8.26. The topological polar surface area (TPSA) is 77.8 Å². The molecule has 160 valence electrons. The van der Waals surface area contributed by atoms with Crippen LogP contribution < -0.4 is 5.32 Å². The molecular formula is C24H22N6OS. The molecule has 32 heavy (non-hydrogen) atoms. The van der Waals surface area contributed by atoms with E-state index in [1.54, 1.807) is 24.6 Å². The van der Waals surface area contributed by atoms with Crippen molar-refractivity contribution >= 4 is 27.4 Å². The monoisotopic (exact) mass is 442 g/mol. The summed E-state index contributed by atoms with van der Waals surface area (Å²) < 4.78 is 7.19. The number of fused-ring (bicyclic) bond motifs is 1. The van der Waals surface area contributed by atoms with E-state index in [9.17, 15) is 0 Å². The number of hydrogen-bond acceptors (Lipinski definition) is 7. The summed E-state index contributed by atoms with van der Waals surface area (Å²) in [7, 11) is 3.64. The van der Waals surface area contributed by atoms with Gasteiger partial charge < -0.3 is 14.6 Å². The fraction of sp³-hybridized carbons (Fsp3) is 0.167. The van der Waals surface area contributed by atoms with Crippen LogP contribution in [0.3, 0.4) is 0 Å². The molecule has 8 heteroatoms. The second-order valence-electron chi connectivity index (χ2n) is 7.27. The molecule has 0 atom stereocenters. The van der Waals surface area contributed by atoms with Crippen LogP contribution in [0.1, 0.15) is 0 Å². The molecule has 0 spiro atoms. The normalized spacial score (nSPS) is 11.2. The van der Waals surface area contributed by atoms with E-state index in [2.05, 4.69) is 39.6 Å². The molecule has 1 aromatic carbocycles. The van der Waals surface area contributed by atoms with Crippen LogP contribution >= 0.6 is 11.3 Å². The summed E-state index contributed by atoms with van der Waals surface area (Å²) in [4.78, 5) is 20.5. The van der Waals surface area contributed by atoms with Gasteiger partial charge >= 0.3 is 0 Å². The molecule has 0 aliphatic rings. The lowest BCUT2D eigenvalue weighted by Gasteiger charge is -2.11. The first-order valence-electron chi connectivity index (χ1n) is 10.3. The molecule has 0 radical (unpaired) electrons. The van der Waals surface area contributed by atoms with Crippen LogP contribution in [0.15, 0.2) is 67.3 Å². The van der Waals surface area contributed by atoms with Gasteiger partial charge in [-0.15, -0.1) is 11.3 Å². The zero-order chi connectivity index (χ0) is 21.9. The van der Waals surface area contributed by atoms with E-state index < -0.39 is 0 Å². The SMILES string of the molecule is COCCNc1nc(-c2nccn2C)nc2sc(-c3ccncc3)c(-c3ccccc3)c12. The number of rotatable bonds is 7. The first kappa shape index (κ1) is 20.3. The maximum Gasteiger partial charge on any atom is 0.199 e. The minimum atomic E-state index is 0.575. The number of benzene rings is 1. The van der Waals surface area contributed by atoms with Gasteiger partial charge in [0.15, 0.2) is 11.6 Å². The third kappa shape index (κ3) is 3.74. The van der Waals surface area contributed by atoms with Crippen molar-refractivity contribution < 1.29 is 4.74 Å². The van der Waals surface area contributed by atoms with Crippen molar-refractivity contribution in [2.24, 2.45) is 7.05 Å². The predicted octanol–water partition coefficient (Wildman–Crippen LogP) is 4.88. The Morgan fingerprint density at radius 2 is 1.81 bits per heavy atom. The Bertz CT molecular complexity index is 1350. The van der Waals surface area contributed by atoms with Crippen molar-refractivity contribution in [3.05, 3.63) is 67.3 Å². The van der Waals surface area contributed by atoms with Crippen LogP contribution in [0.4, 0.5) is 5.82 Å². The highest BCUT2D eigenvalue weighted by Crippen LogP contribution is 2.46. The molecule has 5 aromatic rings. The zero-order valence-electron chi connectivity index (χ0n) is 17.8. The van der Waals surface area contributed by atoms with E-state index in [0.717, 1.165) is 43.4 Å². The van der Waals surface area contributed by atoms with Crippen molar-refractivity contribution in [2.45, 2.75) is 0 Å². The molecule has 0 aliphatic carbocycles. The number of nitrogens with zero attached hydrogens (tertiary/aromatic N) is 5. The Morgan fingerprint density at radius 3 is 2.53 bits per heavy atom. The Balaban J connectivity index is 1.80. The van der Waals surface area contributed by atoms with Crippen molar-refractivity contribution in [1.29, 1.82) is 0 Å². The molecule has 4 heterocycles. The lowest BCUT2D eigenvalue weighted by Crippen LogP contribution is -2.10. The molecule has 0 fully saturated rings. The molecule has 0 amide bonds. The molecule has 4 aromatic heterocycles. The van der Waals surface area contributed by atoms with E-state index >= 15 is 0 Å². The summed E-state index contributed by atoms with van der Waals surface area (Å²) >= 11 is 1.66. The molecule has 0 unspecified atom stereocenters. The van der Waals surface area contributed by atoms with Crippen LogP contribution in [-0.2, 0) is 11.8 Å². The second kappa shape index (κ2) is 8.86. The lowest BCUT2D eigenvalue weighted by atomic mass is 10.00. The standard InChI is InChI=1S/C24H22N6OS/c1-30-14-12-27-23(30)22-28-21(26-13-15-31-2)19-18(16-6-4-3-5-7-16)20(32-24(19)29-22)17-8-10-25-11-9-17/h3-12,14H,13,15H2,1-2H3,(H,26,28,29). The van der Waals surface area contributed by atoms with Gasteiger partial charge in [0.25, 0.3) is 0 Å². The molecule has 1 N–H and O–H groups in total. The van der Waals surface area contributed by atoms with Crippen LogP contribution in [0.5, 0.6) is 0 Å². The summed E-state index contributed by atoms with van der Waals surface area (Å²) in [6.45, 7) is 1.21. The largest absolute Gasteiger partial charge is 0.383 e. The Hall–Kier alpha value is -3.62. The van der Waals surface area contributed by atoms with Crippen LogP contribution in [-0.4, -0.2) is 44.8 Å². The van der Waals surface area contributed by atoms with E-state index in [-0.39, 0.29) is 0 Å². The van der Waals surface area contributed by atoms with Crippen molar-refractivity contribution in [2.75, 3.05) is 25.6 Å². The highest BCUT2D eigenvalue weighted by molar-refractivity contribution is 7.22. The maximum atomic E-state index is 5.26. The summed E-state index contributed by atoms with van der Waals surface area (Å²) in [5.41, 5.74) is 3.33. The number of nitrogens with one attached hydrogen (secondary N) is 1. The van der Waals surface area contributed by atoms with Gasteiger partial charge in [-0.05, 0) is 23.3 Å². The number of methoxy groups -OCH3 is 1. The number of pyridine rings is 1. The molecular weight excluding hydrogens is 420 g/mol. The Morgan fingerprint density at radius 1 is 1.00 bits per heavy atom. The van der Waals surface area contributed by atoms with Gasteiger partial charge in [-0.3, -0.25) is 4.98 Å². The number of ether oxygens (including phenoxy) is 1. The van der Waals surface area contributed by atoms with E-state index in [1.165, 1.54) is 0 Å². The van der Waals surface area contributed by atoms with Gasteiger partial charge in [0, 0.05) is 55.9 Å². The van der Waals surface area contributed by atoms with E-state index in [4.69, 9.17) is 14.7 Å². The van der Waals surface area contributed by atoms with Crippen molar-refractivity contribution in [3.8, 4) is 33.2 Å². The molecule has 0 bridgehead atoms. The highest BCUT2D eigenvalue weighted by atomic mass is 32.1. The van der Waals surface area contributed by atoms with Crippen LogP contribution in [0, 0.1) is 0 Å². The van der Waals surface area contributed by atoms with Gasteiger partial charge in [-0.1, -0.05) is 30.3 Å². The van der Waals surface area contributed by atoms with Gasteiger partial charge in [0.1, 0.15) is 10.6 Å². The van der Waals surface area contributed by atoms with Gasteiger partial charge in [-0.2, -0.15) is 0 Å². The Kier molecular flexibility index (Phi) is 5.62. The average Bonchev–Trinajstić information content (AvgIpc) is 3.44. The van der Waals surface area contributed by atoms with Gasteiger partial charge in [0.05, 0.1) is 12.0 Å². The number of hydrogen-bond donors (Lipinski definition) is 1. The number of aromatic nitrogens is 5. The quantitative estimate of drug-likeness (QED) is 0.362.